The van der Waals surface area contributed by atoms with E-state index in [-0.39, 0.29) is 0 Å². The molecule has 0 saturated heterocycles. The number of rotatable bonds is 4. The number of carbonyl (C=O) groups excluding carboxylic acids is 3. The van der Waals surface area contributed by atoms with E-state index in [0.29, 0.717) is 11.3 Å². The monoisotopic (exact) mass is 323 g/mol. The Hall–Kier alpha value is -2.95. The maximum Gasteiger partial charge on any atom is 0.310 e. The smallest absolute Gasteiger partial charge is 0.310 e. The van der Waals surface area contributed by atoms with E-state index in [2.05, 4.69) is 0 Å². The first-order chi connectivity index (χ1) is 11.6. The van der Waals surface area contributed by atoms with Gasteiger partial charge >= 0.3 is 5.97 Å². The molecule has 0 radical (unpaired) electrons. The van der Waals surface area contributed by atoms with Crippen molar-refractivity contribution in [2.24, 2.45) is 5.92 Å². The van der Waals surface area contributed by atoms with E-state index in [1.54, 1.807) is 31.2 Å². The number of amides is 1. The van der Waals surface area contributed by atoms with E-state index in [9.17, 15) is 14.4 Å². The van der Waals surface area contributed by atoms with Gasteiger partial charge in [-0.1, -0.05) is 42.5 Å². The molecule has 1 aliphatic heterocycles. The van der Waals surface area contributed by atoms with Gasteiger partial charge in [0.15, 0.2) is 0 Å². The first-order valence-corrected chi connectivity index (χ1v) is 7.66. The summed E-state index contributed by atoms with van der Waals surface area (Å²) in [5.74, 6) is -2.24. The number of ether oxygens (including phenoxy) is 1. The summed E-state index contributed by atoms with van der Waals surface area (Å²) in [6, 6.07) is 15.4. The topological polar surface area (TPSA) is 63.7 Å². The predicted octanol–water partition coefficient (Wildman–Crippen LogP) is 2.77. The third-order valence-corrected chi connectivity index (χ3v) is 4.29. The molecule has 0 bridgehead atoms. The summed E-state index contributed by atoms with van der Waals surface area (Å²) in [6.45, 7) is 1.70. The molecule has 0 aromatic heterocycles. The van der Waals surface area contributed by atoms with E-state index in [4.69, 9.17) is 4.74 Å². The van der Waals surface area contributed by atoms with E-state index in [0.717, 1.165) is 5.56 Å². The summed E-state index contributed by atoms with van der Waals surface area (Å²) in [5, 5.41) is 0. The number of ketones is 1. The maximum atomic E-state index is 12.6. The molecule has 0 spiro atoms. The summed E-state index contributed by atoms with van der Waals surface area (Å²) in [5.41, 5.74) is 1.66. The van der Waals surface area contributed by atoms with Gasteiger partial charge in [0.2, 0.25) is 0 Å². The largest absolute Gasteiger partial charge is 0.469 e. The number of esters is 1. The SMILES string of the molecule is COC(=O)C(C)[C@H](c1ccccc1)N1C(=O)C(=O)c2ccccc21. The number of benzene rings is 2. The van der Waals surface area contributed by atoms with Gasteiger partial charge in [0.1, 0.15) is 0 Å². The lowest BCUT2D eigenvalue weighted by atomic mass is 9.92. The van der Waals surface area contributed by atoms with Gasteiger partial charge in [-0.3, -0.25) is 19.3 Å². The lowest BCUT2D eigenvalue weighted by Gasteiger charge is -2.31. The normalized spacial score (nSPS) is 15.8. The van der Waals surface area contributed by atoms with Crippen LogP contribution in [0.2, 0.25) is 0 Å². The highest BCUT2D eigenvalue weighted by Crippen LogP contribution is 2.39. The minimum atomic E-state index is -0.625. The van der Waals surface area contributed by atoms with Crippen LogP contribution in [-0.2, 0) is 14.3 Å². The fourth-order valence-corrected chi connectivity index (χ4v) is 3.11. The lowest BCUT2D eigenvalue weighted by molar-refractivity contribution is -0.145. The molecule has 122 valence electrons. The lowest BCUT2D eigenvalue weighted by Crippen LogP contribution is -2.39. The molecule has 1 unspecified atom stereocenters. The van der Waals surface area contributed by atoms with Crippen LogP contribution in [0.5, 0.6) is 0 Å². The Morgan fingerprint density at radius 2 is 1.62 bits per heavy atom. The summed E-state index contributed by atoms with van der Waals surface area (Å²) in [7, 11) is 1.31. The number of hydrogen-bond acceptors (Lipinski definition) is 4. The van der Waals surface area contributed by atoms with E-state index >= 15 is 0 Å². The first-order valence-electron chi connectivity index (χ1n) is 7.66. The standard InChI is InChI=1S/C19H17NO4/c1-12(19(23)24-2)16(13-8-4-3-5-9-13)20-15-11-7-6-10-14(15)17(21)18(20)22/h3-12,16H,1-2H3/t12?,16-/m1/s1. The highest BCUT2D eigenvalue weighted by Gasteiger charge is 2.43. The summed E-state index contributed by atoms with van der Waals surface area (Å²) in [6.07, 6.45) is 0. The first kappa shape index (κ1) is 15.9. The molecule has 0 aliphatic carbocycles. The summed E-state index contributed by atoms with van der Waals surface area (Å²) < 4.78 is 4.86. The number of hydrogen-bond donors (Lipinski definition) is 0. The molecule has 1 aliphatic rings. The maximum absolute atomic E-state index is 12.6. The van der Waals surface area contributed by atoms with Crippen LogP contribution >= 0.6 is 0 Å². The number of nitrogens with zero attached hydrogens (tertiary/aromatic N) is 1. The molecule has 2 atom stereocenters. The van der Waals surface area contributed by atoms with Crippen LogP contribution in [0.4, 0.5) is 5.69 Å². The second kappa shape index (κ2) is 6.28. The number of Topliss-reactive ketones (excluding diaryl/α,β-unsaturated/α-hetero) is 1. The Kier molecular flexibility index (Phi) is 4.16. The zero-order chi connectivity index (χ0) is 17.3. The minimum Gasteiger partial charge on any atom is -0.469 e. The van der Waals surface area contributed by atoms with E-state index < -0.39 is 29.6 Å². The molecule has 2 aromatic rings. The highest BCUT2D eigenvalue weighted by molar-refractivity contribution is 6.52. The Morgan fingerprint density at radius 1 is 1.00 bits per heavy atom. The third kappa shape index (κ3) is 2.48. The number of para-hydroxylation sites is 1. The van der Waals surface area contributed by atoms with E-state index in [1.807, 2.05) is 30.3 Å². The molecule has 3 rings (SSSR count). The van der Waals surface area contributed by atoms with Crippen molar-refractivity contribution in [2.75, 3.05) is 12.0 Å². The number of fused-ring (bicyclic) bond motifs is 1. The van der Waals surface area contributed by atoms with Gasteiger partial charge in [0.05, 0.1) is 30.3 Å². The second-order valence-corrected chi connectivity index (χ2v) is 5.69. The van der Waals surface area contributed by atoms with Crippen molar-refractivity contribution in [3.63, 3.8) is 0 Å². The Morgan fingerprint density at radius 3 is 2.29 bits per heavy atom. The van der Waals surface area contributed by atoms with Gasteiger partial charge in [-0.2, -0.15) is 0 Å². The van der Waals surface area contributed by atoms with Gasteiger partial charge in [0, 0.05) is 0 Å². The molecule has 1 amide bonds. The van der Waals surface area contributed by atoms with Crippen molar-refractivity contribution < 1.29 is 19.1 Å². The molecule has 5 heteroatoms. The highest BCUT2D eigenvalue weighted by atomic mass is 16.5. The van der Waals surface area contributed by atoms with Gasteiger partial charge in [-0.15, -0.1) is 0 Å². The van der Waals surface area contributed by atoms with Gasteiger partial charge < -0.3 is 4.74 Å². The van der Waals surface area contributed by atoms with Crippen molar-refractivity contribution in [3.05, 3.63) is 65.7 Å². The van der Waals surface area contributed by atoms with Gasteiger partial charge in [-0.05, 0) is 24.6 Å². The van der Waals surface area contributed by atoms with Gasteiger partial charge in [-0.25, -0.2) is 0 Å². The van der Waals surface area contributed by atoms with Crippen LogP contribution in [0.3, 0.4) is 0 Å². The number of methoxy groups -OCH3 is 1. The van der Waals surface area contributed by atoms with Crippen molar-refractivity contribution >= 4 is 23.3 Å². The van der Waals surface area contributed by atoms with Crippen LogP contribution in [0.15, 0.2) is 54.6 Å². The molecule has 5 nitrogen and oxygen atoms in total. The molecule has 1 heterocycles. The number of carbonyl (C=O) groups is 3. The van der Waals surface area contributed by atoms with Crippen LogP contribution in [0.1, 0.15) is 28.9 Å². The molecule has 0 saturated carbocycles. The average Bonchev–Trinajstić information content (AvgIpc) is 2.87. The molecule has 24 heavy (non-hydrogen) atoms. The summed E-state index contributed by atoms with van der Waals surface area (Å²) >= 11 is 0. The molecule has 0 fully saturated rings. The van der Waals surface area contributed by atoms with Crippen LogP contribution < -0.4 is 4.90 Å². The van der Waals surface area contributed by atoms with Crippen molar-refractivity contribution in [3.8, 4) is 0 Å². The molecule has 0 N–H and O–H groups in total. The van der Waals surface area contributed by atoms with Crippen molar-refractivity contribution in [2.45, 2.75) is 13.0 Å². The quantitative estimate of drug-likeness (QED) is 0.641. The van der Waals surface area contributed by atoms with Crippen molar-refractivity contribution in [1.82, 2.24) is 0 Å². The molecular weight excluding hydrogens is 306 g/mol. The zero-order valence-corrected chi connectivity index (χ0v) is 13.4. The fourth-order valence-electron chi connectivity index (χ4n) is 3.11. The predicted molar refractivity (Wildman–Crippen MR) is 88.6 cm³/mol. The van der Waals surface area contributed by atoms with Crippen LogP contribution in [-0.4, -0.2) is 24.8 Å². The fraction of sp³-hybridized carbons (Fsp3) is 0.211. The molecule has 2 aromatic carbocycles. The van der Waals surface area contributed by atoms with Gasteiger partial charge in [0.25, 0.3) is 11.7 Å². The number of anilines is 1. The Balaban J connectivity index is 2.14. The molecular formula is C19H17NO4. The van der Waals surface area contributed by atoms with Crippen LogP contribution in [0, 0.1) is 5.92 Å². The Labute approximate surface area is 139 Å². The third-order valence-electron chi connectivity index (χ3n) is 4.29. The van der Waals surface area contributed by atoms with Crippen LogP contribution in [0.25, 0.3) is 0 Å². The summed E-state index contributed by atoms with van der Waals surface area (Å²) in [4.78, 5) is 38.5. The minimum absolute atomic E-state index is 0.362. The zero-order valence-electron chi connectivity index (χ0n) is 13.4. The average molecular weight is 323 g/mol. The second-order valence-electron chi connectivity index (χ2n) is 5.69. The Bertz CT molecular complexity index is 800. The van der Waals surface area contributed by atoms with E-state index in [1.165, 1.54) is 12.0 Å². The van der Waals surface area contributed by atoms with Crippen molar-refractivity contribution in [1.29, 1.82) is 0 Å².